The topological polar surface area (TPSA) is 111 Å². The van der Waals surface area contributed by atoms with Gasteiger partial charge in [-0.15, -0.1) is 0 Å². The van der Waals surface area contributed by atoms with Crippen LogP contribution in [-0.2, 0) is 4.79 Å². The van der Waals surface area contributed by atoms with E-state index in [1.807, 2.05) is 17.6 Å². The number of carbonyl (C=O) groups is 2. The molecular formula is C14H22N5O3+. The minimum Gasteiger partial charge on any atom is -0.412 e. The molecule has 0 bridgehead atoms. The summed E-state index contributed by atoms with van der Waals surface area (Å²) in [6, 6.07) is 0.826. The number of urea groups is 1. The molecule has 120 valence electrons. The minimum absolute atomic E-state index is 0. The Labute approximate surface area is 129 Å². The monoisotopic (exact) mass is 308 g/mol. The number of carbonyl (C=O) groups excluding carboxylic acids is 2. The molecule has 0 aliphatic carbocycles. The Morgan fingerprint density at radius 3 is 2.55 bits per heavy atom. The SMILES string of the molecule is CCCC1=[N+](CCC)C2C(=O)N(CC#N)C(=O)N(C)C2=N1.O. The summed E-state index contributed by atoms with van der Waals surface area (Å²) in [5.74, 6) is 0.986. The number of nitriles is 1. The fraction of sp³-hybridized carbons (Fsp3) is 0.643. The number of likely N-dealkylation sites (N-methyl/N-ethyl adjacent to an activating group) is 1. The molecule has 1 saturated heterocycles. The summed E-state index contributed by atoms with van der Waals surface area (Å²) in [4.78, 5) is 31.6. The normalized spacial score (nSPS) is 20.6. The van der Waals surface area contributed by atoms with Crippen LogP contribution in [0.2, 0.25) is 0 Å². The lowest BCUT2D eigenvalue weighted by Gasteiger charge is -2.31. The Hall–Kier alpha value is -2.27. The van der Waals surface area contributed by atoms with Crippen LogP contribution in [0.15, 0.2) is 4.99 Å². The van der Waals surface area contributed by atoms with Crippen LogP contribution in [-0.4, -0.2) is 69.6 Å². The maximum Gasteiger partial charge on any atom is 0.334 e. The molecule has 3 amide bonds. The van der Waals surface area contributed by atoms with Crippen molar-refractivity contribution in [1.82, 2.24) is 9.80 Å². The van der Waals surface area contributed by atoms with Gasteiger partial charge in [0.1, 0.15) is 6.54 Å². The maximum absolute atomic E-state index is 12.6. The predicted octanol–water partition coefficient (Wildman–Crippen LogP) is -0.0189. The zero-order valence-corrected chi connectivity index (χ0v) is 13.2. The van der Waals surface area contributed by atoms with Crippen molar-refractivity contribution in [3.63, 3.8) is 0 Å². The predicted molar refractivity (Wildman–Crippen MR) is 80.7 cm³/mol. The van der Waals surface area contributed by atoms with Crippen molar-refractivity contribution in [1.29, 1.82) is 5.26 Å². The van der Waals surface area contributed by atoms with Gasteiger partial charge in [-0.1, -0.05) is 13.8 Å². The van der Waals surface area contributed by atoms with Gasteiger partial charge < -0.3 is 5.48 Å². The lowest BCUT2D eigenvalue weighted by molar-refractivity contribution is -0.536. The summed E-state index contributed by atoms with van der Waals surface area (Å²) < 4.78 is 1.97. The van der Waals surface area contributed by atoms with E-state index in [-0.39, 0.29) is 17.9 Å². The third-order valence-corrected chi connectivity index (χ3v) is 3.66. The third kappa shape index (κ3) is 2.72. The van der Waals surface area contributed by atoms with Crippen molar-refractivity contribution >= 4 is 23.6 Å². The lowest BCUT2D eigenvalue weighted by atomic mass is 10.1. The molecule has 2 aliphatic rings. The summed E-state index contributed by atoms with van der Waals surface area (Å²) in [5, 5.41) is 8.82. The van der Waals surface area contributed by atoms with Crippen molar-refractivity contribution < 1.29 is 19.6 Å². The van der Waals surface area contributed by atoms with E-state index in [1.54, 1.807) is 7.05 Å². The van der Waals surface area contributed by atoms with E-state index in [0.717, 1.165) is 30.0 Å². The highest BCUT2D eigenvalue weighted by Gasteiger charge is 2.53. The molecule has 22 heavy (non-hydrogen) atoms. The van der Waals surface area contributed by atoms with Gasteiger partial charge in [-0.3, -0.25) is 9.69 Å². The molecule has 2 N–H and O–H groups in total. The van der Waals surface area contributed by atoms with Crippen LogP contribution in [0, 0.1) is 11.3 Å². The van der Waals surface area contributed by atoms with Crippen LogP contribution < -0.4 is 0 Å². The highest BCUT2D eigenvalue weighted by Crippen LogP contribution is 2.21. The quantitative estimate of drug-likeness (QED) is 0.525. The fourth-order valence-electron chi connectivity index (χ4n) is 2.71. The van der Waals surface area contributed by atoms with Crippen LogP contribution in [0.25, 0.3) is 0 Å². The number of hydrogen-bond donors (Lipinski definition) is 0. The number of hydrogen-bond acceptors (Lipinski definition) is 4. The first kappa shape index (κ1) is 17.8. The van der Waals surface area contributed by atoms with Crippen LogP contribution in [0.3, 0.4) is 0 Å². The molecule has 1 unspecified atom stereocenters. The number of amides is 3. The average Bonchev–Trinajstić information content (AvgIpc) is 2.81. The van der Waals surface area contributed by atoms with E-state index < -0.39 is 12.1 Å². The second-order valence-electron chi connectivity index (χ2n) is 5.16. The van der Waals surface area contributed by atoms with Crippen LogP contribution in [0.5, 0.6) is 0 Å². The Morgan fingerprint density at radius 2 is 2.00 bits per heavy atom. The van der Waals surface area contributed by atoms with Crippen molar-refractivity contribution in [2.45, 2.75) is 39.2 Å². The van der Waals surface area contributed by atoms with Gasteiger partial charge in [0.25, 0.3) is 23.6 Å². The standard InChI is InChI=1S/C14H20N5O2.H2O/c1-4-6-10-16-12-11(18(10)8-5-2)13(20)19(9-7-15)14(21)17(12)3;/h11H,4-6,8-9H2,1-3H3;1H2/q+1;. The number of nitrogens with zero attached hydrogens (tertiary/aromatic N) is 5. The molecule has 2 heterocycles. The molecule has 0 spiro atoms. The largest absolute Gasteiger partial charge is 0.412 e. The second-order valence-corrected chi connectivity index (χ2v) is 5.16. The molecule has 2 rings (SSSR count). The summed E-state index contributed by atoms with van der Waals surface area (Å²) >= 11 is 0. The smallest absolute Gasteiger partial charge is 0.334 e. The summed E-state index contributed by atoms with van der Waals surface area (Å²) in [7, 11) is 1.60. The van der Waals surface area contributed by atoms with E-state index in [1.165, 1.54) is 4.90 Å². The van der Waals surface area contributed by atoms with Crippen LogP contribution in [0.1, 0.15) is 33.1 Å². The Kier molecular flexibility index (Phi) is 5.77. The first-order chi connectivity index (χ1) is 10.1. The molecule has 0 aromatic carbocycles. The van der Waals surface area contributed by atoms with Gasteiger partial charge in [-0.25, -0.2) is 14.3 Å². The van der Waals surface area contributed by atoms with Crippen LogP contribution in [0.4, 0.5) is 4.79 Å². The molecule has 8 nitrogen and oxygen atoms in total. The second kappa shape index (κ2) is 7.13. The van der Waals surface area contributed by atoms with Gasteiger partial charge in [0.05, 0.1) is 19.0 Å². The van der Waals surface area contributed by atoms with E-state index in [0.29, 0.717) is 12.4 Å². The summed E-state index contributed by atoms with van der Waals surface area (Å²) in [5.41, 5.74) is 0. The van der Waals surface area contributed by atoms with E-state index in [4.69, 9.17) is 5.26 Å². The van der Waals surface area contributed by atoms with Gasteiger partial charge in [-0.2, -0.15) is 5.26 Å². The van der Waals surface area contributed by atoms with Gasteiger partial charge in [0.2, 0.25) is 0 Å². The Bertz CT molecular complexity index is 576. The molecule has 0 saturated carbocycles. The molecule has 1 atom stereocenters. The summed E-state index contributed by atoms with van der Waals surface area (Å²) in [6.45, 7) is 4.57. The number of rotatable bonds is 5. The minimum atomic E-state index is -0.567. The van der Waals surface area contributed by atoms with Crippen molar-refractivity contribution in [2.75, 3.05) is 20.1 Å². The fourth-order valence-corrected chi connectivity index (χ4v) is 2.71. The van der Waals surface area contributed by atoms with Gasteiger partial charge in [0, 0.05) is 7.05 Å². The number of aliphatic imine (C=N–C) groups is 1. The molecular weight excluding hydrogens is 286 g/mol. The van der Waals surface area contributed by atoms with Crippen molar-refractivity contribution in [3.05, 3.63) is 0 Å². The average molecular weight is 308 g/mol. The Morgan fingerprint density at radius 1 is 1.32 bits per heavy atom. The van der Waals surface area contributed by atoms with E-state index >= 15 is 0 Å². The molecule has 8 heteroatoms. The molecule has 0 aromatic rings. The first-order valence-corrected chi connectivity index (χ1v) is 7.23. The first-order valence-electron chi connectivity index (χ1n) is 7.23. The third-order valence-electron chi connectivity index (χ3n) is 3.66. The van der Waals surface area contributed by atoms with Crippen molar-refractivity contribution in [3.8, 4) is 6.07 Å². The van der Waals surface area contributed by atoms with Gasteiger partial charge >= 0.3 is 6.03 Å². The molecule has 2 aliphatic heterocycles. The van der Waals surface area contributed by atoms with E-state index in [2.05, 4.69) is 11.9 Å². The maximum atomic E-state index is 12.6. The number of imide groups is 1. The zero-order chi connectivity index (χ0) is 15.6. The molecule has 1 fully saturated rings. The van der Waals surface area contributed by atoms with Gasteiger partial charge in [-0.05, 0) is 17.8 Å². The van der Waals surface area contributed by atoms with E-state index in [9.17, 15) is 9.59 Å². The van der Waals surface area contributed by atoms with Crippen LogP contribution >= 0.6 is 0 Å². The number of fused-ring (bicyclic) bond motifs is 1. The zero-order valence-electron chi connectivity index (χ0n) is 13.2. The summed E-state index contributed by atoms with van der Waals surface area (Å²) in [6.07, 6.45) is 2.58. The van der Waals surface area contributed by atoms with Crippen molar-refractivity contribution in [2.24, 2.45) is 4.99 Å². The van der Waals surface area contributed by atoms with Gasteiger partial charge in [0.15, 0.2) is 0 Å². The molecule has 0 aromatic heterocycles. The molecule has 0 radical (unpaired) electrons. The number of amidine groups is 2. The highest BCUT2D eigenvalue weighted by molar-refractivity contribution is 6.23. The highest BCUT2D eigenvalue weighted by atomic mass is 16.2. The Balaban J connectivity index is 0.00000242. The lowest BCUT2D eigenvalue weighted by Crippen LogP contribution is -2.62.